The van der Waals surface area contributed by atoms with Crippen molar-refractivity contribution in [3.05, 3.63) is 52.0 Å². The van der Waals surface area contributed by atoms with E-state index in [1.165, 1.54) is 0 Å². The van der Waals surface area contributed by atoms with Crippen LogP contribution in [0.1, 0.15) is 47.4 Å². The van der Waals surface area contributed by atoms with Gasteiger partial charge in [0.25, 0.3) is 5.91 Å². The molecule has 1 aromatic heterocycles. The van der Waals surface area contributed by atoms with Crippen LogP contribution in [0.15, 0.2) is 40.7 Å². The van der Waals surface area contributed by atoms with Crippen molar-refractivity contribution in [2.24, 2.45) is 4.99 Å². The van der Waals surface area contributed by atoms with Crippen LogP contribution >= 0.6 is 11.3 Å². The van der Waals surface area contributed by atoms with E-state index in [1.807, 2.05) is 51.2 Å². The van der Waals surface area contributed by atoms with Gasteiger partial charge < -0.3 is 20.3 Å². The second-order valence-electron chi connectivity index (χ2n) is 6.62. The second kappa shape index (κ2) is 12.2. The molecule has 1 amide bonds. The third kappa shape index (κ3) is 7.47. The molecule has 2 rings (SSSR count). The Morgan fingerprint density at radius 3 is 2.76 bits per heavy atom. The Kier molecular flexibility index (Phi) is 9.59. The fourth-order valence-electron chi connectivity index (χ4n) is 2.63. The molecule has 0 bridgehead atoms. The lowest BCUT2D eigenvalue weighted by atomic mass is 10.2. The number of thiazole rings is 1. The molecular formula is C21H31N5O2S. The molecule has 0 fully saturated rings. The monoisotopic (exact) mass is 417 g/mol. The van der Waals surface area contributed by atoms with E-state index in [9.17, 15) is 4.79 Å². The highest BCUT2D eigenvalue weighted by Gasteiger charge is 2.12. The maximum atomic E-state index is 12.0. The van der Waals surface area contributed by atoms with Crippen LogP contribution in [0.2, 0.25) is 0 Å². The highest BCUT2D eigenvalue weighted by molar-refractivity contribution is 7.09. The van der Waals surface area contributed by atoms with Crippen molar-refractivity contribution in [2.75, 3.05) is 33.8 Å². The average molecular weight is 418 g/mol. The molecule has 0 aliphatic carbocycles. The number of carbonyl (C=O) groups excluding carboxylic acids is 1. The quantitative estimate of drug-likeness (QED) is 0.353. The molecule has 1 aromatic carbocycles. The van der Waals surface area contributed by atoms with Crippen molar-refractivity contribution in [1.29, 1.82) is 0 Å². The normalized spacial score (nSPS) is 12.5. The Balaban J connectivity index is 1.82. The number of nitrogens with one attached hydrogen (secondary N) is 2. The van der Waals surface area contributed by atoms with Gasteiger partial charge in [-0.1, -0.05) is 18.2 Å². The van der Waals surface area contributed by atoms with Crippen molar-refractivity contribution < 1.29 is 9.53 Å². The molecular weight excluding hydrogens is 386 g/mol. The van der Waals surface area contributed by atoms with Gasteiger partial charge in [-0.05, 0) is 32.4 Å². The third-order valence-corrected chi connectivity index (χ3v) is 5.34. The van der Waals surface area contributed by atoms with Gasteiger partial charge in [0.2, 0.25) is 0 Å². The summed E-state index contributed by atoms with van der Waals surface area (Å²) in [5.41, 5.74) is 1.67. The Morgan fingerprint density at radius 1 is 1.31 bits per heavy atom. The summed E-state index contributed by atoms with van der Waals surface area (Å²) in [6, 6.07) is 9.23. The summed E-state index contributed by atoms with van der Waals surface area (Å²) in [5, 5.41) is 9.28. The van der Waals surface area contributed by atoms with Crippen molar-refractivity contribution in [2.45, 2.75) is 32.9 Å². The topological polar surface area (TPSA) is 78.9 Å². The summed E-state index contributed by atoms with van der Waals surface area (Å²) in [6.07, 6.45) is 0.778. The van der Waals surface area contributed by atoms with Crippen LogP contribution in [-0.4, -0.2) is 55.5 Å². The minimum atomic E-state index is -0.0526. The third-order valence-electron chi connectivity index (χ3n) is 4.28. The fourth-order valence-corrected chi connectivity index (χ4v) is 3.47. The van der Waals surface area contributed by atoms with Gasteiger partial charge >= 0.3 is 0 Å². The summed E-state index contributed by atoms with van der Waals surface area (Å²) in [6.45, 7) is 6.72. The highest BCUT2D eigenvalue weighted by Crippen LogP contribution is 2.20. The van der Waals surface area contributed by atoms with Crippen molar-refractivity contribution in [1.82, 2.24) is 20.5 Å². The highest BCUT2D eigenvalue weighted by atomic mass is 32.1. The molecule has 0 radical (unpaired) electrons. The van der Waals surface area contributed by atoms with Crippen LogP contribution in [0.5, 0.6) is 0 Å². The van der Waals surface area contributed by atoms with E-state index < -0.39 is 0 Å². The number of rotatable bonds is 10. The van der Waals surface area contributed by atoms with Crippen molar-refractivity contribution in [3.8, 4) is 0 Å². The van der Waals surface area contributed by atoms with E-state index in [2.05, 4.69) is 30.9 Å². The number of aromatic nitrogens is 1. The number of guanidine groups is 1. The summed E-state index contributed by atoms with van der Waals surface area (Å²) < 4.78 is 5.33. The molecule has 1 atom stereocenters. The molecule has 8 heteroatoms. The minimum absolute atomic E-state index is 0.00653. The molecule has 158 valence electrons. The lowest BCUT2D eigenvalue weighted by Crippen LogP contribution is -2.38. The first-order valence-electron chi connectivity index (χ1n) is 9.85. The zero-order valence-corrected chi connectivity index (χ0v) is 18.5. The predicted octanol–water partition coefficient (Wildman–Crippen LogP) is 3.07. The molecule has 7 nitrogen and oxygen atoms in total. The van der Waals surface area contributed by atoms with Gasteiger partial charge in [-0.15, -0.1) is 11.3 Å². The number of hydrogen-bond acceptors (Lipinski definition) is 5. The van der Waals surface area contributed by atoms with Crippen molar-refractivity contribution >= 4 is 23.2 Å². The first-order chi connectivity index (χ1) is 14.0. The van der Waals surface area contributed by atoms with Crippen LogP contribution in [0.4, 0.5) is 0 Å². The van der Waals surface area contributed by atoms with E-state index in [0.29, 0.717) is 25.2 Å². The van der Waals surface area contributed by atoms with E-state index in [0.717, 1.165) is 29.6 Å². The maximum absolute atomic E-state index is 12.0. The SMILES string of the molecule is CCNC(=NCCCNC(=O)c1ccccc1)N(C)Cc1csc(C(C)OC)n1. The number of amides is 1. The Morgan fingerprint density at radius 2 is 2.07 bits per heavy atom. The van der Waals surface area contributed by atoms with Gasteiger partial charge in [-0.25, -0.2) is 4.98 Å². The summed E-state index contributed by atoms with van der Waals surface area (Å²) in [4.78, 5) is 23.4. The first kappa shape index (κ1) is 22.8. The molecule has 1 unspecified atom stereocenters. The van der Waals surface area contributed by atoms with E-state index in [1.54, 1.807) is 18.4 Å². The average Bonchev–Trinajstić information content (AvgIpc) is 3.21. The Hall–Kier alpha value is -2.45. The smallest absolute Gasteiger partial charge is 0.251 e. The van der Waals surface area contributed by atoms with E-state index >= 15 is 0 Å². The predicted molar refractivity (Wildman–Crippen MR) is 118 cm³/mol. The fraction of sp³-hybridized carbons (Fsp3) is 0.476. The minimum Gasteiger partial charge on any atom is -0.375 e. The van der Waals surface area contributed by atoms with Gasteiger partial charge in [0.05, 0.1) is 12.2 Å². The molecule has 29 heavy (non-hydrogen) atoms. The van der Waals surface area contributed by atoms with E-state index in [-0.39, 0.29) is 12.0 Å². The second-order valence-corrected chi connectivity index (χ2v) is 7.51. The molecule has 0 spiro atoms. The molecule has 2 N–H and O–H groups in total. The summed E-state index contributed by atoms with van der Waals surface area (Å²) >= 11 is 1.61. The molecule has 0 aliphatic heterocycles. The number of carbonyl (C=O) groups is 1. The van der Waals surface area contributed by atoms with Gasteiger partial charge in [0.15, 0.2) is 5.96 Å². The number of hydrogen-bond donors (Lipinski definition) is 2. The number of ether oxygens (including phenoxy) is 1. The lowest BCUT2D eigenvalue weighted by Gasteiger charge is -2.21. The number of aliphatic imine (C=N–C) groups is 1. The van der Waals surface area contributed by atoms with Crippen molar-refractivity contribution in [3.63, 3.8) is 0 Å². The van der Waals surface area contributed by atoms with Crippen LogP contribution in [-0.2, 0) is 11.3 Å². The first-order valence-corrected chi connectivity index (χ1v) is 10.7. The van der Waals surface area contributed by atoms with Crippen LogP contribution < -0.4 is 10.6 Å². The van der Waals surface area contributed by atoms with Crippen LogP contribution in [0.3, 0.4) is 0 Å². The molecule has 0 saturated carbocycles. The maximum Gasteiger partial charge on any atom is 0.251 e. The molecule has 1 heterocycles. The zero-order valence-electron chi connectivity index (χ0n) is 17.6. The largest absolute Gasteiger partial charge is 0.375 e. The lowest BCUT2D eigenvalue weighted by molar-refractivity contribution is 0.0953. The Labute approximate surface area is 177 Å². The van der Waals surface area contributed by atoms with Gasteiger partial charge in [0, 0.05) is 44.7 Å². The van der Waals surface area contributed by atoms with E-state index in [4.69, 9.17) is 4.74 Å². The standard InChI is InChI=1S/C21H31N5O2S/c1-5-22-21(26(3)14-18-15-29-20(25-18)16(2)28-4)24-13-9-12-23-19(27)17-10-7-6-8-11-17/h6-8,10-11,15-16H,5,9,12-14H2,1-4H3,(H,22,24)(H,23,27). The van der Waals surface area contributed by atoms with Crippen LogP contribution in [0, 0.1) is 0 Å². The zero-order chi connectivity index (χ0) is 21.1. The number of benzene rings is 1. The number of nitrogens with zero attached hydrogens (tertiary/aromatic N) is 3. The molecule has 2 aromatic rings. The van der Waals surface area contributed by atoms with Gasteiger partial charge in [-0.3, -0.25) is 9.79 Å². The summed E-state index contributed by atoms with van der Waals surface area (Å²) in [7, 11) is 3.69. The van der Waals surface area contributed by atoms with Gasteiger partial charge in [0.1, 0.15) is 11.1 Å². The Bertz CT molecular complexity index is 778. The molecule has 0 aliphatic rings. The molecule has 0 saturated heterocycles. The van der Waals surface area contributed by atoms with Crippen LogP contribution in [0.25, 0.3) is 0 Å². The summed E-state index contributed by atoms with van der Waals surface area (Å²) in [5.74, 6) is 0.777. The van der Waals surface area contributed by atoms with Gasteiger partial charge in [-0.2, -0.15) is 0 Å². The number of methoxy groups -OCH3 is 1.